The molecule has 35 heavy (non-hydrogen) atoms. The van der Waals surface area contributed by atoms with Crippen molar-refractivity contribution in [2.45, 2.75) is 65.0 Å². The number of esters is 1. The largest absolute Gasteiger partial charge is 0.458 e. The monoisotopic (exact) mass is 498 g/mol. The summed E-state index contributed by atoms with van der Waals surface area (Å²) in [5.74, 6) is -1.17. The van der Waals surface area contributed by atoms with Gasteiger partial charge >= 0.3 is 12.0 Å². The van der Waals surface area contributed by atoms with Crippen molar-refractivity contribution in [2.24, 2.45) is 0 Å². The lowest BCUT2D eigenvalue weighted by Gasteiger charge is -2.35. The number of likely N-dealkylation sites (N-methyl/N-ethyl adjacent to an activating group) is 1. The second-order valence-corrected chi connectivity index (χ2v) is 10.0. The number of hydrogen-bond acceptors (Lipinski definition) is 7. The van der Waals surface area contributed by atoms with Gasteiger partial charge in [0.1, 0.15) is 18.7 Å². The molecule has 2 heterocycles. The molecule has 1 spiro atoms. The first kappa shape index (κ1) is 24.8. The molecule has 2 fully saturated rings. The fourth-order valence-electron chi connectivity index (χ4n) is 4.85. The van der Waals surface area contributed by atoms with Crippen LogP contribution in [0, 0.1) is 13.8 Å². The normalized spacial score (nSPS) is 17.3. The average Bonchev–Trinajstić information content (AvgIpc) is 3.36. The van der Waals surface area contributed by atoms with Gasteiger partial charge in [0.15, 0.2) is 5.13 Å². The zero-order valence-electron chi connectivity index (χ0n) is 20.5. The number of imide groups is 1. The first-order valence-corrected chi connectivity index (χ1v) is 12.6. The summed E-state index contributed by atoms with van der Waals surface area (Å²) in [6.07, 6.45) is 4.04. The fraction of sp³-hybridized carbons (Fsp3) is 0.480. The van der Waals surface area contributed by atoms with Crippen LogP contribution in [-0.2, 0) is 25.7 Å². The van der Waals surface area contributed by atoms with Crippen molar-refractivity contribution in [1.82, 2.24) is 14.8 Å². The maximum Gasteiger partial charge on any atom is 0.327 e. The van der Waals surface area contributed by atoms with Crippen LogP contribution in [0.5, 0.6) is 0 Å². The van der Waals surface area contributed by atoms with E-state index in [9.17, 15) is 19.2 Å². The van der Waals surface area contributed by atoms with Crippen molar-refractivity contribution in [3.63, 3.8) is 0 Å². The van der Waals surface area contributed by atoms with Gasteiger partial charge in [-0.1, -0.05) is 31.4 Å². The predicted molar refractivity (Wildman–Crippen MR) is 131 cm³/mol. The molecule has 1 aliphatic heterocycles. The molecule has 0 bridgehead atoms. The van der Waals surface area contributed by atoms with Crippen molar-refractivity contribution in [1.29, 1.82) is 0 Å². The van der Waals surface area contributed by atoms with Crippen LogP contribution in [0.1, 0.15) is 55.8 Å². The Morgan fingerprint density at radius 3 is 2.57 bits per heavy atom. The highest BCUT2D eigenvalue weighted by Gasteiger charge is 2.55. The molecule has 1 saturated heterocycles. The maximum absolute atomic E-state index is 13.0. The first-order chi connectivity index (χ1) is 16.7. The van der Waals surface area contributed by atoms with E-state index in [0.717, 1.165) is 41.0 Å². The van der Waals surface area contributed by atoms with Crippen LogP contribution in [0.2, 0.25) is 0 Å². The van der Waals surface area contributed by atoms with E-state index in [1.54, 1.807) is 17.3 Å². The van der Waals surface area contributed by atoms with Crippen molar-refractivity contribution in [3.05, 3.63) is 40.4 Å². The quantitative estimate of drug-likeness (QED) is 0.439. The number of carbonyl (C=O) groups is 4. The van der Waals surface area contributed by atoms with E-state index in [0.29, 0.717) is 23.7 Å². The third-order valence-corrected chi connectivity index (χ3v) is 7.89. The summed E-state index contributed by atoms with van der Waals surface area (Å²) < 4.78 is 5.34. The van der Waals surface area contributed by atoms with Crippen LogP contribution in [0.3, 0.4) is 0 Å². The van der Waals surface area contributed by atoms with Crippen LogP contribution < -0.4 is 4.90 Å². The Kier molecular flexibility index (Phi) is 6.93. The molecule has 1 aliphatic carbocycles. The Hall–Kier alpha value is -3.27. The van der Waals surface area contributed by atoms with Gasteiger partial charge < -0.3 is 9.64 Å². The maximum atomic E-state index is 13.0. The minimum absolute atomic E-state index is 0.120. The second kappa shape index (κ2) is 9.77. The molecule has 4 rings (SSSR count). The highest BCUT2D eigenvalue weighted by molar-refractivity contribution is 7.14. The third-order valence-electron chi connectivity index (χ3n) is 7.01. The molecule has 1 saturated carbocycles. The van der Waals surface area contributed by atoms with Crippen molar-refractivity contribution in [3.8, 4) is 0 Å². The van der Waals surface area contributed by atoms with Gasteiger partial charge in [0.2, 0.25) is 5.91 Å². The number of aromatic nitrogens is 1. The van der Waals surface area contributed by atoms with Gasteiger partial charge in [-0.2, -0.15) is 0 Å². The minimum atomic E-state index is -0.830. The van der Waals surface area contributed by atoms with Crippen molar-refractivity contribution >= 4 is 46.0 Å². The smallest absolute Gasteiger partial charge is 0.327 e. The number of amides is 4. The van der Waals surface area contributed by atoms with Crippen molar-refractivity contribution in [2.75, 3.05) is 18.5 Å². The molecule has 0 radical (unpaired) electrons. The highest BCUT2D eigenvalue weighted by atomic mass is 32.1. The minimum Gasteiger partial charge on any atom is -0.458 e. The molecule has 1 aromatic heterocycles. The SMILES string of the molecule is CC(=O)N(c1nc(COC(=O)CN2C(=O)N(C)C3(CCCCC3)C2=O)cs1)c1cccc(C)c1C. The Balaban J connectivity index is 1.41. The van der Waals surface area contributed by atoms with Gasteiger partial charge in [-0.25, -0.2) is 9.78 Å². The van der Waals surface area contributed by atoms with Gasteiger partial charge in [-0.3, -0.25) is 24.2 Å². The van der Waals surface area contributed by atoms with Crippen LogP contribution in [0.15, 0.2) is 23.6 Å². The van der Waals surface area contributed by atoms with E-state index in [2.05, 4.69) is 4.98 Å². The number of benzene rings is 1. The molecule has 2 aliphatic rings. The van der Waals surface area contributed by atoms with Gasteiger partial charge in [0, 0.05) is 19.4 Å². The summed E-state index contributed by atoms with van der Waals surface area (Å²) in [4.78, 5) is 59.2. The zero-order valence-corrected chi connectivity index (χ0v) is 21.3. The highest BCUT2D eigenvalue weighted by Crippen LogP contribution is 2.39. The van der Waals surface area contributed by atoms with E-state index in [-0.39, 0.29) is 18.4 Å². The molecular weight excluding hydrogens is 468 g/mol. The summed E-state index contributed by atoms with van der Waals surface area (Å²) in [5, 5.41) is 2.20. The van der Waals surface area contributed by atoms with Gasteiger partial charge in [0.25, 0.3) is 5.91 Å². The Morgan fingerprint density at radius 2 is 1.89 bits per heavy atom. The lowest BCUT2D eigenvalue weighted by molar-refractivity contribution is -0.149. The first-order valence-electron chi connectivity index (χ1n) is 11.7. The molecule has 9 nitrogen and oxygen atoms in total. The molecule has 0 atom stereocenters. The van der Waals surface area contributed by atoms with Gasteiger partial charge in [-0.05, 0) is 43.9 Å². The number of urea groups is 1. The van der Waals surface area contributed by atoms with Crippen LogP contribution in [0.25, 0.3) is 0 Å². The van der Waals surface area contributed by atoms with E-state index in [1.165, 1.54) is 23.2 Å². The topological polar surface area (TPSA) is 100 Å². The molecule has 0 unspecified atom stereocenters. The Bertz CT molecular complexity index is 1170. The van der Waals surface area contributed by atoms with E-state index in [1.807, 2.05) is 32.0 Å². The van der Waals surface area contributed by atoms with E-state index < -0.39 is 24.1 Å². The predicted octanol–water partition coefficient (Wildman–Crippen LogP) is 4.08. The van der Waals surface area contributed by atoms with Crippen LogP contribution >= 0.6 is 11.3 Å². The summed E-state index contributed by atoms with van der Waals surface area (Å²) >= 11 is 1.27. The number of hydrogen-bond donors (Lipinski definition) is 0. The summed E-state index contributed by atoms with van der Waals surface area (Å²) in [6.45, 7) is 4.86. The summed E-state index contributed by atoms with van der Waals surface area (Å²) in [7, 11) is 1.63. The Labute approximate surface area is 208 Å². The average molecular weight is 499 g/mol. The Morgan fingerprint density at radius 1 is 1.17 bits per heavy atom. The number of thiazole rings is 1. The molecule has 4 amide bonds. The molecule has 1 aromatic carbocycles. The molecular formula is C25H30N4O5S. The standard InChI is InChI=1S/C25H30N4O5S/c1-16-9-8-10-20(17(16)2)29(18(3)30)23-26-19(15-35-23)14-34-21(31)13-28-22(32)25(27(4)24(28)33)11-6-5-7-12-25/h8-10,15H,5-7,11-14H2,1-4H3. The zero-order chi connectivity index (χ0) is 25.3. The lowest BCUT2D eigenvalue weighted by atomic mass is 9.81. The van der Waals surface area contributed by atoms with Crippen LogP contribution in [-0.4, -0.2) is 57.7 Å². The number of rotatable bonds is 6. The molecule has 10 heteroatoms. The number of carbonyl (C=O) groups excluding carboxylic acids is 4. The third kappa shape index (κ3) is 4.54. The van der Waals surface area contributed by atoms with E-state index in [4.69, 9.17) is 4.74 Å². The number of anilines is 2. The number of ether oxygens (including phenoxy) is 1. The molecule has 186 valence electrons. The van der Waals surface area contributed by atoms with Gasteiger partial charge in [-0.15, -0.1) is 11.3 Å². The summed E-state index contributed by atoms with van der Waals surface area (Å²) in [6, 6.07) is 5.27. The van der Waals surface area contributed by atoms with Crippen LogP contribution in [0.4, 0.5) is 15.6 Å². The second-order valence-electron chi connectivity index (χ2n) is 9.18. The molecule has 0 N–H and O–H groups in total. The van der Waals surface area contributed by atoms with E-state index >= 15 is 0 Å². The van der Waals surface area contributed by atoms with Crippen molar-refractivity contribution < 1.29 is 23.9 Å². The lowest BCUT2D eigenvalue weighted by Crippen LogP contribution is -2.49. The van der Waals surface area contributed by atoms with Gasteiger partial charge in [0.05, 0.1) is 11.4 Å². The fourth-order valence-corrected chi connectivity index (χ4v) is 5.72. The molecule has 2 aromatic rings. The number of aryl methyl sites for hydroxylation is 1. The number of nitrogens with zero attached hydrogens (tertiary/aromatic N) is 4. The summed E-state index contributed by atoms with van der Waals surface area (Å²) in [5.41, 5.74) is 2.44.